The van der Waals surface area contributed by atoms with E-state index < -0.39 is 0 Å². The van der Waals surface area contributed by atoms with Gasteiger partial charge in [0.15, 0.2) is 0 Å². The van der Waals surface area contributed by atoms with Gasteiger partial charge in [-0.1, -0.05) is 0 Å². The first kappa shape index (κ1) is 12.1. The maximum Gasteiger partial charge on any atom is 0.374 e. The van der Waals surface area contributed by atoms with Crippen molar-refractivity contribution in [2.24, 2.45) is 5.92 Å². The molecule has 0 amide bonds. The van der Waals surface area contributed by atoms with E-state index in [9.17, 15) is 4.79 Å². The molecule has 1 unspecified atom stereocenters. The van der Waals surface area contributed by atoms with Gasteiger partial charge in [0.05, 0.1) is 12.9 Å². The first-order valence-electron chi connectivity index (χ1n) is 4.77. The summed E-state index contributed by atoms with van der Waals surface area (Å²) in [5.41, 5.74) is 0. The Kier molecular flexibility index (Phi) is 4.65. The van der Waals surface area contributed by atoms with Crippen molar-refractivity contribution >= 4 is 18.4 Å². The topological polar surface area (TPSA) is 51.5 Å². The van der Waals surface area contributed by atoms with E-state index >= 15 is 0 Å². The van der Waals surface area contributed by atoms with Crippen LogP contribution in [0, 0.1) is 5.92 Å². The lowest BCUT2D eigenvalue weighted by Gasteiger charge is -2.07. The highest BCUT2D eigenvalue weighted by atomic mass is 35.5. The third-order valence-corrected chi connectivity index (χ3v) is 2.33. The van der Waals surface area contributed by atoms with Crippen molar-refractivity contribution in [1.82, 2.24) is 5.32 Å². The summed E-state index contributed by atoms with van der Waals surface area (Å²) in [6, 6.07) is 3.28. The number of esters is 1. The van der Waals surface area contributed by atoms with Crippen molar-refractivity contribution in [2.75, 3.05) is 19.7 Å². The molecule has 0 aromatic carbocycles. The van der Waals surface area contributed by atoms with Gasteiger partial charge in [-0.25, -0.2) is 4.79 Å². The van der Waals surface area contributed by atoms with Crippen molar-refractivity contribution in [2.45, 2.75) is 6.42 Å². The second-order valence-electron chi connectivity index (χ2n) is 3.43. The Labute approximate surface area is 94.4 Å². The molecule has 0 aliphatic carbocycles. The molecule has 2 rings (SSSR count). The first-order chi connectivity index (χ1) is 6.86. The Morgan fingerprint density at radius 3 is 3.13 bits per heavy atom. The van der Waals surface area contributed by atoms with Crippen LogP contribution >= 0.6 is 12.4 Å². The molecule has 0 spiro atoms. The van der Waals surface area contributed by atoms with Crippen LogP contribution in [-0.2, 0) is 4.74 Å². The number of carbonyl (C=O) groups is 1. The molecule has 0 radical (unpaired) electrons. The van der Waals surface area contributed by atoms with Crippen LogP contribution in [0.1, 0.15) is 17.0 Å². The minimum atomic E-state index is -0.373. The van der Waals surface area contributed by atoms with Gasteiger partial charge in [0.25, 0.3) is 0 Å². The van der Waals surface area contributed by atoms with Gasteiger partial charge >= 0.3 is 5.97 Å². The molecule has 1 aromatic heterocycles. The van der Waals surface area contributed by atoms with Crippen molar-refractivity contribution in [3.63, 3.8) is 0 Å². The van der Waals surface area contributed by atoms with E-state index in [1.54, 1.807) is 12.1 Å². The van der Waals surface area contributed by atoms with Crippen molar-refractivity contribution in [1.29, 1.82) is 0 Å². The van der Waals surface area contributed by atoms with E-state index in [2.05, 4.69) is 5.32 Å². The van der Waals surface area contributed by atoms with Gasteiger partial charge in [-0.3, -0.25) is 0 Å². The fraction of sp³-hybridized carbons (Fsp3) is 0.500. The average molecular weight is 232 g/mol. The van der Waals surface area contributed by atoms with E-state index in [1.807, 2.05) is 0 Å². The molecule has 84 valence electrons. The molecule has 1 saturated heterocycles. The Hall–Kier alpha value is -1.00. The molecule has 15 heavy (non-hydrogen) atoms. The zero-order valence-electron chi connectivity index (χ0n) is 8.27. The predicted octanol–water partition coefficient (Wildman–Crippen LogP) is 1.47. The number of carbonyl (C=O) groups excluding carboxylic acids is 1. The highest BCUT2D eigenvalue weighted by Gasteiger charge is 2.17. The average Bonchev–Trinajstić information content (AvgIpc) is 2.87. The quantitative estimate of drug-likeness (QED) is 0.801. The second-order valence-corrected chi connectivity index (χ2v) is 3.43. The van der Waals surface area contributed by atoms with Crippen molar-refractivity contribution in [3.8, 4) is 0 Å². The molecule has 1 fully saturated rings. The summed E-state index contributed by atoms with van der Waals surface area (Å²) in [5.74, 6) is 0.353. The van der Waals surface area contributed by atoms with Crippen LogP contribution in [0.5, 0.6) is 0 Å². The third-order valence-electron chi connectivity index (χ3n) is 2.33. The summed E-state index contributed by atoms with van der Waals surface area (Å²) < 4.78 is 10.0. The maximum atomic E-state index is 11.3. The summed E-state index contributed by atoms with van der Waals surface area (Å²) >= 11 is 0. The van der Waals surface area contributed by atoms with Crippen molar-refractivity contribution < 1.29 is 13.9 Å². The molecule has 1 aliphatic heterocycles. The zero-order chi connectivity index (χ0) is 9.80. The molecule has 1 atom stereocenters. The van der Waals surface area contributed by atoms with E-state index in [4.69, 9.17) is 9.15 Å². The molecule has 1 aromatic rings. The molecular formula is C10H14ClNO3. The van der Waals surface area contributed by atoms with Gasteiger partial charge in [0.1, 0.15) is 0 Å². The lowest BCUT2D eigenvalue weighted by molar-refractivity contribution is 0.0414. The molecule has 4 nitrogen and oxygen atoms in total. The number of nitrogens with one attached hydrogen (secondary N) is 1. The summed E-state index contributed by atoms with van der Waals surface area (Å²) in [5, 5.41) is 3.22. The Balaban J connectivity index is 0.00000112. The van der Waals surface area contributed by atoms with Crippen LogP contribution in [0.15, 0.2) is 22.8 Å². The standard InChI is InChI=1S/C10H13NO3.ClH/c12-10(9-2-1-5-13-9)14-7-8-3-4-11-6-8;/h1-2,5,8,11H,3-4,6-7H2;1H. The normalized spacial score (nSPS) is 19.6. The van der Waals surface area contributed by atoms with E-state index in [-0.39, 0.29) is 24.1 Å². The number of hydrogen-bond acceptors (Lipinski definition) is 4. The lowest BCUT2D eigenvalue weighted by Crippen LogP contribution is -2.16. The Bertz CT molecular complexity index is 294. The molecule has 0 bridgehead atoms. The fourth-order valence-electron chi connectivity index (χ4n) is 1.52. The lowest BCUT2D eigenvalue weighted by atomic mass is 10.1. The number of halogens is 1. The number of furan rings is 1. The van der Waals surface area contributed by atoms with Gasteiger partial charge in [0.2, 0.25) is 5.76 Å². The van der Waals surface area contributed by atoms with Crippen LogP contribution in [0.25, 0.3) is 0 Å². The minimum Gasteiger partial charge on any atom is -0.459 e. The maximum absolute atomic E-state index is 11.3. The van der Waals surface area contributed by atoms with Crippen LogP contribution in [0.3, 0.4) is 0 Å². The number of ether oxygens (including phenoxy) is 1. The second kappa shape index (κ2) is 5.78. The van der Waals surface area contributed by atoms with Crippen LogP contribution in [-0.4, -0.2) is 25.7 Å². The largest absolute Gasteiger partial charge is 0.459 e. The summed E-state index contributed by atoms with van der Waals surface area (Å²) in [6.45, 7) is 2.43. The van der Waals surface area contributed by atoms with Gasteiger partial charge in [-0.15, -0.1) is 12.4 Å². The van der Waals surface area contributed by atoms with Gasteiger partial charge < -0.3 is 14.5 Å². The zero-order valence-corrected chi connectivity index (χ0v) is 9.09. The monoisotopic (exact) mass is 231 g/mol. The third kappa shape index (κ3) is 3.25. The van der Waals surface area contributed by atoms with Gasteiger partial charge in [-0.05, 0) is 25.1 Å². The Morgan fingerprint density at radius 2 is 2.53 bits per heavy atom. The molecular weight excluding hydrogens is 218 g/mol. The summed E-state index contributed by atoms with van der Waals surface area (Å²) in [7, 11) is 0. The highest BCUT2D eigenvalue weighted by Crippen LogP contribution is 2.09. The van der Waals surface area contributed by atoms with E-state index in [0.717, 1.165) is 19.5 Å². The number of rotatable bonds is 3. The predicted molar refractivity (Wildman–Crippen MR) is 57.2 cm³/mol. The summed E-state index contributed by atoms with van der Waals surface area (Å²) in [6.07, 6.45) is 2.54. The molecule has 1 aliphatic rings. The van der Waals surface area contributed by atoms with Crippen LogP contribution in [0.4, 0.5) is 0 Å². The van der Waals surface area contributed by atoms with Crippen molar-refractivity contribution in [3.05, 3.63) is 24.2 Å². The smallest absolute Gasteiger partial charge is 0.374 e. The van der Waals surface area contributed by atoms with Gasteiger partial charge in [-0.2, -0.15) is 0 Å². The van der Waals surface area contributed by atoms with Crippen LogP contribution < -0.4 is 5.32 Å². The minimum absolute atomic E-state index is 0. The number of hydrogen-bond donors (Lipinski definition) is 1. The van der Waals surface area contributed by atoms with E-state index in [0.29, 0.717) is 12.5 Å². The van der Waals surface area contributed by atoms with Crippen LogP contribution in [0.2, 0.25) is 0 Å². The van der Waals surface area contributed by atoms with E-state index in [1.165, 1.54) is 6.26 Å². The fourth-order valence-corrected chi connectivity index (χ4v) is 1.52. The SMILES string of the molecule is Cl.O=C(OCC1CCNC1)c1ccco1. The Morgan fingerprint density at radius 1 is 1.67 bits per heavy atom. The highest BCUT2D eigenvalue weighted by molar-refractivity contribution is 5.86. The first-order valence-corrected chi connectivity index (χ1v) is 4.77. The molecule has 0 saturated carbocycles. The summed E-state index contributed by atoms with van der Waals surface area (Å²) in [4.78, 5) is 11.3. The molecule has 1 N–H and O–H groups in total. The molecule has 5 heteroatoms. The van der Waals surface area contributed by atoms with Gasteiger partial charge in [0, 0.05) is 12.5 Å². The molecule has 2 heterocycles.